The average molecular weight is 420 g/mol. The van der Waals surface area contributed by atoms with Gasteiger partial charge in [0.15, 0.2) is 0 Å². The quantitative estimate of drug-likeness (QED) is 0.159. The number of allylic oxidation sites excluding steroid dienone is 2. The van der Waals surface area contributed by atoms with Crippen molar-refractivity contribution in [3.8, 4) is 0 Å². The van der Waals surface area contributed by atoms with E-state index in [0.717, 1.165) is 38.5 Å². The number of nitrogens with one attached hydrogen (secondary N) is 2. The van der Waals surface area contributed by atoms with Crippen LogP contribution < -0.4 is 10.6 Å². The minimum Gasteiger partial charge on any atom is -0.335 e. The van der Waals surface area contributed by atoms with Gasteiger partial charge >= 0.3 is 13.9 Å². The van der Waals surface area contributed by atoms with Crippen molar-refractivity contribution in [3.05, 3.63) is 12.2 Å². The maximum absolute atomic E-state index is 11.6. The smallest absolute Gasteiger partial charge is 0.335 e. The van der Waals surface area contributed by atoms with Gasteiger partial charge in [0.25, 0.3) is 0 Å². The standard InChI is InChI=1S/C19H37N2O6P/c1-2-3-4-5-6-7-8-9-10-11-12-13-14-15-18(22)21-19(23)20-16-17-27-28(24,25)26/h7-8H,2-6,9-17H2,1H3,(H2,24,25,26)(H2,20,21,22,23)/b8-7-. The summed E-state index contributed by atoms with van der Waals surface area (Å²) in [5, 5.41) is 4.46. The minimum atomic E-state index is -4.53. The molecule has 0 saturated heterocycles. The Balaban J connectivity index is 3.44. The van der Waals surface area contributed by atoms with Crippen LogP contribution in [-0.2, 0) is 13.9 Å². The zero-order valence-electron chi connectivity index (χ0n) is 17.0. The molecule has 0 saturated carbocycles. The molecule has 164 valence electrons. The van der Waals surface area contributed by atoms with E-state index >= 15 is 0 Å². The Bertz CT molecular complexity index is 493. The van der Waals surface area contributed by atoms with Crippen molar-refractivity contribution in [2.45, 2.75) is 84.0 Å². The van der Waals surface area contributed by atoms with E-state index in [1.807, 2.05) is 0 Å². The third-order valence-corrected chi connectivity index (χ3v) is 4.58. The second-order valence-electron chi connectivity index (χ2n) is 6.76. The van der Waals surface area contributed by atoms with Crippen molar-refractivity contribution in [3.63, 3.8) is 0 Å². The predicted molar refractivity (Wildman–Crippen MR) is 110 cm³/mol. The lowest BCUT2D eigenvalue weighted by Crippen LogP contribution is -2.40. The molecule has 8 nitrogen and oxygen atoms in total. The highest BCUT2D eigenvalue weighted by Gasteiger charge is 2.13. The maximum atomic E-state index is 11.6. The van der Waals surface area contributed by atoms with E-state index in [0.29, 0.717) is 0 Å². The number of urea groups is 1. The lowest BCUT2D eigenvalue weighted by atomic mass is 10.1. The van der Waals surface area contributed by atoms with E-state index in [2.05, 4.69) is 34.2 Å². The first kappa shape index (κ1) is 26.8. The molecule has 0 heterocycles. The molecule has 0 atom stereocenters. The molecule has 0 aliphatic carbocycles. The summed E-state index contributed by atoms with van der Waals surface area (Å²) in [6.07, 6.45) is 17.4. The molecule has 0 unspecified atom stereocenters. The summed E-state index contributed by atoms with van der Waals surface area (Å²) in [4.78, 5) is 40.0. The Kier molecular flexibility index (Phi) is 17.1. The molecule has 0 aliphatic heterocycles. The van der Waals surface area contributed by atoms with Crippen LogP contribution in [0, 0.1) is 0 Å². The molecule has 0 radical (unpaired) electrons. The van der Waals surface area contributed by atoms with E-state index in [1.54, 1.807) is 0 Å². The first-order chi connectivity index (χ1) is 13.3. The van der Waals surface area contributed by atoms with Gasteiger partial charge in [-0.3, -0.25) is 14.6 Å². The fraction of sp³-hybridized carbons (Fsp3) is 0.789. The third-order valence-electron chi connectivity index (χ3n) is 4.07. The normalized spacial score (nSPS) is 11.7. The van der Waals surface area contributed by atoms with Crippen molar-refractivity contribution in [2.75, 3.05) is 13.2 Å². The van der Waals surface area contributed by atoms with Crippen LogP contribution >= 0.6 is 7.82 Å². The van der Waals surface area contributed by atoms with Crippen LogP contribution in [0.5, 0.6) is 0 Å². The molecule has 0 bridgehead atoms. The van der Waals surface area contributed by atoms with Crippen LogP contribution in [0.4, 0.5) is 4.79 Å². The van der Waals surface area contributed by atoms with Gasteiger partial charge in [-0.1, -0.05) is 57.6 Å². The number of amides is 3. The van der Waals surface area contributed by atoms with Crippen molar-refractivity contribution >= 4 is 19.8 Å². The first-order valence-electron chi connectivity index (χ1n) is 10.3. The minimum absolute atomic E-state index is 0.0998. The number of phosphoric ester groups is 1. The number of hydrogen-bond donors (Lipinski definition) is 4. The van der Waals surface area contributed by atoms with Gasteiger partial charge < -0.3 is 15.1 Å². The fourth-order valence-corrected chi connectivity index (χ4v) is 2.89. The van der Waals surface area contributed by atoms with Gasteiger partial charge in [-0.25, -0.2) is 9.36 Å². The van der Waals surface area contributed by atoms with E-state index in [4.69, 9.17) is 9.79 Å². The summed E-state index contributed by atoms with van der Waals surface area (Å²) >= 11 is 0. The number of carbonyl (C=O) groups excluding carboxylic acids is 2. The first-order valence-corrected chi connectivity index (χ1v) is 11.8. The molecule has 0 rings (SSSR count). The fourth-order valence-electron chi connectivity index (χ4n) is 2.57. The van der Waals surface area contributed by atoms with Crippen LogP contribution in [0.25, 0.3) is 0 Å². The lowest BCUT2D eigenvalue weighted by molar-refractivity contribution is -0.120. The van der Waals surface area contributed by atoms with Crippen LogP contribution in [0.15, 0.2) is 12.2 Å². The highest BCUT2D eigenvalue weighted by molar-refractivity contribution is 7.46. The maximum Gasteiger partial charge on any atom is 0.469 e. The second-order valence-corrected chi connectivity index (χ2v) is 7.99. The Morgan fingerprint density at radius 1 is 0.929 bits per heavy atom. The number of unbranched alkanes of at least 4 members (excludes halogenated alkanes) is 9. The Morgan fingerprint density at radius 3 is 2.11 bits per heavy atom. The molecule has 0 aliphatic rings. The highest BCUT2D eigenvalue weighted by atomic mass is 31.2. The molecular formula is C19H37N2O6P. The molecular weight excluding hydrogens is 383 g/mol. The monoisotopic (exact) mass is 420 g/mol. The number of imide groups is 1. The molecule has 4 N–H and O–H groups in total. The lowest BCUT2D eigenvalue weighted by Gasteiger charge is -2.08. The Morgan fingerprint density at radius 2 is 1.50 bits per heavy atom. The summed E-state index contributed by atoms with van der Waals surface area (Å²) in [5.74, 6) is -0.362. The van der Waals surface area contributed by atoms with E-state index in [9.17, 15) is 14.2 Å². The molecule has 28 heavy (non-hydrogen) atoms. The molecule has 0 spiro atoms. The highest BCUT2D eigenvalue weighted by Crippen LogP contribution is 2.35. The zero-order chi connectivity index (χ0) is 21.1. The van der Waals surface area contributed by atoms with Crippen LogP contribution in [0.2, 0.25) is 0 Å². The molecule has 0 aromatic heterocycles. The van der Waals surface area contributed by atoms with Gasteiger partial charge in [0.05, 0.1) is 6.61 Å². The summed E-state index contributed by atoms with van der Waals surface area (Å²) in [5.41, 5.74) is 0. The van der Waals surface area contributed by atoms with Gasteiger partial charge in [-0.2, -0.15) is 0 Å². The van der Waals surface area contributed by atoms with Crippen molar-refractivity contribution in [1.29, 1.82) is 0 Å². The van der Waals surface area contributed by atoms with Gasteiger partial charge in [-0.15, -0.1) is 0 Å². The number of carbonyl (C=O) groups is 2. The predicted octanol–water partition coefficient (Wildman–Crippen LogP) is 4.18. The van der Waals surface area contributed by atoms with Gasteiger partial charge in [0.2, 0.25) is 5.91 Å². The van der Waals surface area contributed by atoms with Crippen LogP contribution in [0.1, 0.15) is 84.0 Å². The van der Waals surface area contributed by atoms with Crippen molar-refractivity contribution < 1.29 is 28.5 Å². The molecule has 0 aromatic carbocycles. The van der Waals surface area contributed by atoms with Crippen molar-refractivity contribution in [2.24, 2.45) is 0 Å². The van der Waals surface area contributed by atoms with E-state index in [1.165, 1.54) is 32.1 Å². The average Bonchev–Trinajstić information content (AvgIpc) is 2.62. The summed E-state index contributed by atoms with van der Waals surface area (Å²) in [6, 6.07) is -0.694. The van der Waals surface area contributed by atoms with Crippen molar-refractivity contribution in [1.82, 2.24) is 10.6 Å². The number of hydrogen-bond acceptors (Lipinski definition) is 4. The van der Waals surface area contributed by atoms with Gasteiger partial charge in [0.1, 0.15) is 0 Å². The zero-order valence-corrected chi connectivity index (χ0v) is 17.9. The SMILES string of the molecule is CCCCCC/C=C\CCCCCCCC(=O)NC(=O)NCCOP(=O)(O)O. The third kappa shape index (κ3) is 21.1. The second kappa shape index (κ2) is 17.9. The van der Waals surface area contributed by atoms with E-state index < -0.39 is 13.9 Å². The van der Waals surface area contributed by atoms with Crippen LogP contribution in [0.3, 0.4) is 0 Å². The largest absolute Gasteiger partial charge is 0.469 e. The molecule has 0 aromatic rings. The summed E-state index contributed by atoms with van der Waals surface area (Å²) in [6.45, 7) is 1.79. The van der Waals surface area contributed by atoms with Gasteiger partial charge in [0, 0.05) is 13.0 Å². The summed E-state index contributed by atoms with van der Waals surface area (Å²) < 4.78 is 14.6. The number of phosphoric acid groups is 1. The Labute approximate surface area is 168 Å². The molecule has 9 heteroatoms. The Hall–Kier alpha value is -1.21. The molecule has 3 amide bonds. The number of rotatable bonds is 17. The topological polar surface area (TPSA) is 125 Å². The van der Waals surface area contributed by atoms with Gasteiger partial charge in [-0.05, 0) is 32.1 Å². The summed E-state index contributed by atoms with van der Waals surface area (Å²) in [7, 11) is -4.53. The van der Waals surface area contributed by atoms with E-state index in [-0.39, 0.29) is 25.5 Å². The molecule has 0 fully saturated rings. The van der Waals surface area contributed by atoms with Crippen LogP contribution in [-0.4, -0.2) is 34.9 Å².